The Labute approximate surface area is 136 Å². The maximum absolute atomic E-state index is 10.9. The van der Waals surface area contributed by atoms with Crippen molar-refractivity contribution in [1.82, 2.24) is 9.97 Å². The summed E-state index contributed by atoms with van der Waals surface area (Å²) in [7, 11) is 0. The van der Waals surface area contributed by atoms with Gasteiger partial charge in [-0.25, -0.2) is 4.98 Å². The predicted molar refractivity (Wildman–Crippen MR) is 89.4 cm³/mol. The molecule has 5 nitrogen and oxygen atoms in total. The molecule has 0 unspecified atom stereocenters. The van der Waals surface area contributed by atoms with Crippen molar-refractivity contribution < 1.29 is 4.92 Å². The van der Waals surface area contributed by atoms with Crippen molar-refractivity contribution in [2.75, 3.05) is 0 Å². The van der Waals surface area contributed by atoms with Crippen LogP contribution in [0.4, 0.5) is 5.69 Å². The average Bonchev–Trinajstić information content (AvgIpc) is 3.31. The molecule has 3 aromatic rings. The maximum Gasteiger partial charge on any atom is 0.270 e. The van der Waals surface area contributed by atoms with Crippen molar-refractivity contribution in [3.8, 4) is 21.8 Å². The molecular weight excluding hydrogens is 310 g/mol. The van der Waals surface area contributed by atoms with Crippen molar-refractivity contribution in [1.29, 1.82) is 0 Å². The van der Waals surface area contributed by atoms with Gasteiger partial charge in [-0.05, 0) is 30.4 Å². The Bertz CT molecular complexity index is 887. The van der Waals surface area contributed by atoms with Crippen molar-refractivity contribution >= 4 is 17.0 Å². The number of pyridine rings is 1. The smallest absolute Gasteiger partial charge is 0.264 e. The van der Waals surface area contributed by atoms with E-state index in [0.29, 0.717) is 5.92 Å². The van der Waals surface area contributed by atoms with Gasteiger partial charge in [0.25, 0.3) is 5.69 Å². The van der Waals surface area contributed by atoms with E-state index in [0.717, 1.165) is 21.8 Å². The molecule has 0 radical (unpaired) electrons. The minimum Gasteiger partial charge on any atom is -0.264 e. The second-order valence-electron chi connectivity index (χ2n) is 5.58. The molecule has 114 valence electrons. The van der Waals surface area contributed by atoms with Gasteiger partial charge in [-0.1, -0.05) is 12.1 Å². The second kappa shape index (κ2) is 5.55. The number of aromatic nitrogens is 2. The summed E-state index contributed by atoms with van der Waals surface area (Å²) in [6.45, 7) is 0. The van der Waals surface area contributed by atoms with Gasteiger partial charge in [0.1, 0.15) is 5.01 Å². The molecule has 0 N–H and O–H groups in total. The maximum atomic E-state index is 10.9. The SMILES string of the molecule is O=[N+]([O-])c1cccc(-c2csc(-c3cnccc3C3CC3)n2)c1. The molecule has 4 rings (SSSR count). The molecule has 0 amide bonds. The molecular formula is C17H13N3O2S. The van der Waals surface area contributed by atoms with Gasteiger partial charge in [0.15, 0.2) is 0 Å². The zero-order valence-electron chi connectivity index (χ0n) is 12.2. The summed E-state index contributed by atoms with van der Waals surface area (Å²) in [6.07, 6.45) is 6.14. The third kappa shape index (κ3) is 2.73. The molecule has 0 aliphatic heterocycles. The van der Waals surface area contributed by atoms with Gasteiger partial charge < -0.3 is 0 Å². The number of nitro benzene ring substituents is 1. The van der Waals surface area contributed by atoms with Crippen LogP contribution in [0.3, 0.4) is 0 Å². The highest BCUT2D eigenvalue weighted by Gasteiger charge is 2.27. The number of thiazole rings is 1. The molecule has 0 atom stereocenters. The highest BCUT2D eigenvalue weighted by atomic mass is 32.1. The molecule has 0 bridgehead atoms. The third-order valence-corrected chi connectivity index (χ3v) is 4.83. The average molecular weight is 323 g/mol. The van der Waals surface area contributed by atoms with Crippen LogP contribution in [0, 0.1) is 10.1 Å². The number of benzene rings is 1. The van der Waals surface area contributed by atoms with E-state index in [1.54, 1.807) is 23.5 Å². The molecule has 2 aromatic heterocycles. The molecule has 6 heteroatoms. The molecule has 0 saturated heterocycles. The standard InChI is InChI=1S/C17H13N3O2S/c21-20(22)13-3-1-2-12(8-13)16-10-23-17(19-16)15-9-18-7-6-14(15)11-4-5-11/h1-3,6-11H,4-5H2. The summed E-state index contributed by atoms with van der Waals surface area (Å²) >= 11 is 1.55. The van der Waals surface area contributed by atoms with E-state index in [9.17, 15) is 10.1 Å². The Kier molecular flexibility index (Phi) is 3.38. The highest BCUT2D eigenvalue weighted by molar-refractivity contribution is 7.13. The van der Waals surface area contributed by atoms with Crippen LogP contribution < -0.4 is 0 Å². The normalized spacial score (nSPS) is 13.9. The first-order chi connectivity index (χ1) is 11.2. The van der Waals surface area contributed by atoms with E-state index in [2.05, 4.69) is 16.0 Å². The minimum atomic E-state index is -0.386. The summed E-state index contributed by atoms with van der Waals surface area (Å²) < 4.78 is 0. The van der Waals surface area contributed by atoms with E-state index in [1.807, 2.05) is 23.8 Å². The van der Waals surface area contributed by atoms with E-state index < -0.39 is 0 Å². The van der Waals surface area contributed by atoms with E-state index in [1.165, 1.54) is 24.5 Å². The molecule has 2 heterocycles. The van der Waals surface area contributed by atoms with Crippen LogP contribution in [0.2, 0.25) is 0 Å². The molecule has 0 spiro atoms. The first-order valence-corrected chi connectivity index (χ1v) is 8.25. The van der Waals surface area contributed by atoms with Gasteiger partial charge in [0.05, 0.1) is 10.6 Å². The lowest BCUT2D eigenvalue weighted by atomic mass is 10.1. The van der Waals surface area contributed by atoms with Gasteiger partial charge in [-0.2, -0.15) is 0 Å². The minimum absolute atomic E-state index is 0.0806. The van der Waals surface area contributed by atoms with Crippen LogP contribution in [0.1, 0.15) is 24.3 Å². The number of hydrogen-bond donors (Lipinski definition) is 0. The number of nitro groups is 1. The fourth-order valence-electron chi connectivity index (χ4n) is 2.64. The second-order valence-corrected chi connectivity index (χ2v) is 6.44. The first kappa shape index (κ1) is 14.0. The van der Waals surface area contributed by atoms with Gasteiger partial charge in [0.2, 0.25) is 0 Å². The Morgan fingerprint density at radius 1 is 1.26 bits per heavy atom. The summed E-state index contributed by atoms with van der Waals surface area (Å²) in [5, 5.41) is 13.8. The Hall–Kier alpha value is -2.60. The summed E-state index contributed by atoms with van der Waals surface area (Å²) in [4.78, 5) is 19.4. The third-order valence-electron chi connectivity index (χ3n) is 3.96. The van der Waals surface area contributed by atoms with Crippen molar-refractivity contribution in [2.24, 2.45) is 0 Å². The van der Waals surface area contributed by atoms with Crippen LogP contribution >= 0.6 is 11.3 Å². The molecule has 1 aliphatic carbocycles. The van der Waals surface area contributed by atoms with Crippen LogP contribution in [0.25, 0.3) is 21.8 Å². The number of non-ortho nitro benzene ring substituents is 1. The molecule has 23 heavy (non-hydrogen) atoms. The summed E-state index contributed by atoms with van der Waals surface area (Å²) in [5.74, 6) is 0.623. The molecule has 1 aliphatic rings. The lowest BCUT2D eigenvalue weighted by molar-refractivity contribution is -0.384. The van der Waals surface area contributed by atoms with Crippen molar-refractivity contribution in [3.63, 3.8) is 0 Å². The lowest BCUT2D eigenvalue weighted by Gasteiger charge is -2.04. The number of rotatable bonds is 4. The van der Waals surface area contributed by atoms with Gasteiger partial charge in [0, 0.05) is 41.0 Å². The van der Waals surface area contributed by atoms with E-state index >= 15 is 0 Å². The number of hydrogen-bond acceptors (Lipinski definition) is 5. The van der Waals surface area contributed by atoms with Crippen molar-refractivity contribution in [3.05, 3.63) is 63.8 Å². The van der Waals surface area contributed by atoms with E-state index in [-0.39, 0.29) is 10.6 Å². The summed E-state index contributed by atoms with van der Waals surface area (Å²) in [6, 6.07) is 8.65. The van der Waals surface area contributed by atoms with E-state index in [4.69, 9.17) is 0 Å². The fourth-order valence-corrected chi connectivity index (χ4v) is 3.50. The summed E-state index contributed by atoms with van der Waals surface area (Å²) in [5.41, 5.74) is 3.99. The number of nitrogens with zero attached hydrogens (tertiary/aromatic N) is 3. The lowest BCUT2D eigenvalue weighted by Crippen LogP contribution is -1.89. The first-order valence-electron chi connectivity index (χ1n) is 7.37. The van der Waals surface area contributed by atoms with Crippen LogP contribution in [-0.2, 0) is 0 Å². The highest BCUT2D eigenvalue weighted by Crippen LogP contribution is 2.44. The van der Waals surface area contributed by atoms with Gasteiger partial charge in [-0.15, -0.1) is 11.3 Å². The van der Waals surface area contributed by atoms with Crippen LogP contribution in [0.5, 0.6) is 0 Å². The monoisotopic (exact) mass is 323 g/mol. The zero-order valence-corrected chi connectivity index (χ0v) is 13.0. The topological polar surface area (TPSA) is 68.9 Å². The Balaban J connectivity index is 1.72. The Morgan fingerprint density at radius 3 is 2.91 bits per heavy atom. The van der Waals surface area contributed by atoms with Crippen molar-refractivity contribution in [2.45, 2.75) is 18.8 Å². The molecule has 1 fully saturated rings. The van der Waals surface area contributed by atoms with Gasteiger partial charge in [-0.3, -0.25) is 15.1 Å². The molecule has 1 saturated carbocycles. The van der Waals surface area contributed by atoms with Crippen LogP contribution in [0.15, 0.2) is 48.1 Å². The molecule has 1 aromatic carbocycles. The zero-order chi connectivity index (χ0) is 15.8. The predicted octanol–water partition coefficient (Wildman–Crippen LogP) is 4.66. The van der Waals surface area contributed by atoms with Gasteiger partial charge >= 0.3 is 0 Å². The quantitative estimate of drug-likeness (QED) is 0.517. The largest absolute Gasteiger partial charge is 0.270 e. The van der Waals surface area contributed by atoms with Crippen LogP contribution in [-0.4, -0.2) is 14.9 Å². The Morgan fingerprint density at radius 2 is 2.13 bits per heavy atom. The fraction of sp³-hybridized carbons (Fsp3) is 0.176.